The first kappa shape index (κ1) is 80.1. The standard InChI is InChI=1S/C76H145NO5/c1-3-5-7-9-11-13-15-17-19-20-21-22-32-35-38-41-44-48-52-56-60-64-68-74(79)73(72-78)77-75(80)69-65-61-57-53-49-45-42-39-36-33-30-28-26-24-23-25-27-29-31-34-37-40-43-47-51-55-59-63-67-71-82-76(81)70-66-62-58-54-50-46-18-16-14-12-10-8-6-4-2/h16,18,23,25,64,68,73-74,78-79H,3-15,17,19-22,24,26-63,65-67,69-72H2,1-2H3,(H,77,80)/b18-16-,25-23-,68-64+. The van der Waals surface area contributed by atoms with E-state index in [4.69, 9.17) is 4.74 Å². The molecule has 0 saturated carbocycles. The predicted molar refractivity (Wildman–Crippen MR) is 361 cm³/mol. The van der Waals surface area contributed by atoms with Gasteiger partial charge in [0.1, 0.15) is 0 Å². The molecule has 0 aromatic heterocycles. The van der Waals surface area contributed by atoms with Gasteiger partial charge in [-0.15, -0.1) is 0 Å². The molecule has 0 aliphatic carbocycles. The van der Waals surface area contributed by atoms with Crippen LogP contribution < -0.4 is 5.32 Å². The monoisotopic (exact) mass is 1150 g/mol. The van der Waals surface area contributed by atoms with E-state index in [0.29, 0.717) is 19.4 Å². The van der Waals surface area contributed by atoms with Crippen molar-refractivity contribution in [3.05, 3.63) is 36.5 Å². The number of hydrogen-bond acceptors (Lipinski definition) is 5. The van der Waals surface area contributed by atoms with Gasteiger partial charge in [-0.25, -0.2) is 0 Å². The Labute approximate surface area is 513 Å². The molecule has 0 radical (unpaired) electrons. The predicted octanol–water partition coefficient (Wildman–Crippen LogP) is 24.3. The van der Waals surface area contributed by atoms with Crippen LogP contribution in [0.3, 0.4) is 0 Å². The van der Waals surface area contributed by atoms with Crippen LogP contribution in [0.15, 0.2) is 36.5 Å². The highest BCUT2D eigenvalue weighted by Gasteiger charge is 2.18. The van der Waals surface area contributed by atoms with E-state index >= 15 is 0 Å². The van der Waals surface area contributed by atoms with Gasteiger partial charge in [0.25, 0.3) is 0 Å². The van der Waals surface area contributed by atoms with Crippen LogP contribution in [0, 0.1) is 0 Å². The minimum atomic E-state index is -0.845. The molecule has 0 bridgehead atoms. The highest BCUT2D eigenvalue weighted by atomic mass is 16.5. The minimum Gasteiger partial charge on any atom is -0.466 e. The Morgan fingerprint density at radius 2 is 0.573 bits per heavy atom. The molecular weight excluding hydrogens is 1010 g/mol. The fraction of sp³-hybridized carbons (Fsp3) is 0.895. The molecule has 0 heterocycles. The maximum atomic E-state index is 12.5. The molecule has 0 aliphatic heterocycles. The van der Waals surface area contributed by atoms with Crippen molar-refractivity contribution >= 4 is 11.9 Å². The van der Waals surface area contributed by atoms with Crippen molar-refractivity contribution in [3.8, 4) is 0 Å². The Balaban J connectivity index is 3.40. The molecule has 0 aromatic carbocycles. The smallest absolute Gasteiger partial charge is 0.305 e. The lowest BCUT2D eigenvalue weighted by atomic mass is 10.0. The van der Waals surface area contributed by atoms with Crippen molar-refractivity contribution in [1.82, 2.24) is 5.32 Å². The molecule has 0 aromatic rings. The van der Waals surface area contributed by atoms with E-state index in [9.17, 15) is 19.8 Å². The number of aliphatic hydroxyl groups is 2. The molecule has 6 heteroatoms. The van der Waals surface area contributed by atoms with Gasteiger partial charge in [0, 0.05) is 12.8 Å². The molecule has 6 nitrogen and oxygen atoms in total. The van der Waals surface area contributed by atoms with Gasteiger partial charge in [-0.05, 0) is 83.5 Å². The summed E-state index contributed by atoms with van der Waals surface area (Å²) in [7, 11) is 0. The van der Waals surface area contributed by atoms with Crippen LogP contribution in [0.5, 0.6) is 0 Å². The lowest BCUT2D eigenvalue weighted by Crippen LogP contribution is -2.45. The van der Waals surface area contributed by atoms with Crippen LogP contribution >= 0.6 is 0 Å². The number of carbonyl (C=O) groups excluding carboxylic acids is 2. The number of carbonyl (C=O) groups is 2. The summed E-state index contributed by atoms with van der Waals surface area (Å²) < 4.78 is 5.49. The molecule has 0 fully saturated rings. The van der Waals surface area contributed by atoms with E-state index in [1.54, 1.807) is 6.08 Å². The molecule has 0 aliphatic rings. The molecule has 0 spiro atoms. The summed E-state index contributed by atoms with van der Waals surface area (Å²) in [5.74, 6) is -0.0549. The Bertz CT molecular complexity index is 1330. The second kappa shape index (κ2) is 71.6. The fourth-order valence-corrected chi connectivity index (χ4v) is 11.7. The molecule has 0 saturated heterocycles. The van der Waals surface area contributed by atoms with Crippen LogP contribution in [0.1, 0.15) is 412 Å². The zero-order chi connectivity index (χ0) is 59.2. The van der Waals surface area contributed by atoms with Gasteiger partial charge in [0.05, 0.1) is 25.4 Å². The number of ether oxygens (including phenoxy) is 1. The van der Waals surface area contributed by atoms with E-state index in [-0.39, 0.29) is 18.5 Å². The second-order valence-corrected chi connectivity index (χ2v) is 25.6. The summed E-state index contributed by atoms with van der Waals surface area (Å²) in [4.78, 5) is 24.6. The highest BCUT2D eigenvalue weighted by Crippen LogP contribution is 2.19. The fourth-order valence-electron chi connectivity index (χ4n) is 11.7. The van der Waals surface area contributed by atoms with Crippen LogP contribution in [0.2, 0.25) is 0 Å². The molecule has 82 heavy (non-hydrogen) atoms. The summed E-state index contributed by atoms with van der Waals surface area (Å²) in [5.41, 5.74) is 0. The van der Waals surface area contributed by atoms with Crippen LogP contribution in [-0.2, 0) is 14.3 Å². The molecule has 3 N–H and O–H groups in total. The Hall–Kier alpha value is -1.92. The zero-order valence-electron chi connectivity index (χ0n) is 55.5. The quantitative estimate of drug-likeness (QED) is 0.0320. The Kier molecular flexibility index (Phi) is 69.9. The number of aliphatic hydroxyl groups excluding tert-OH is 2. The summed E-state index contributed by atoms with van der Waals surface area (Å²) in [6.45, 7) is 4.93. The largest absolute Gasteiger partial charge is 0.466 e. The highest BCUT2D eigenvalue weighted by molar-refractivity contribution is 5.76. The summed E-state index contributed by atoms with van der Waals surface area (Å²) in [6, 6.07) is -0.629. The first-order chi connectivity index (χ1) is 40.5. The van der Waals surface area contributed by atoms with Gasteiger partial charge < -0.3 is 20.3 Å². The number of amides is 1. The first-order valence-electron chi connectivity index (χ1n) is 37.3. The Morgan fingerprint density at radius 3 is 0.866 bits per heavy atom. The summed E-state index contributed by atoms with van der Waals surface area (Å²) in [5, 5.41) is 23.3. The number of nitrogens with one attached hydrogen (secondary N) is 1. The average Bonchev–Trinajstić information content (AvgIpc) is 3.48. The third-order valence-corrected chi connectivity index (χ3v) is 17.4. The minimum absolute atomic E-state index is 0.00815. The second-order valence-electron chi connectivity index (χ2n) is 25.6. The SMILES string of the molecule is CCCCCCC/C=C\CCCCCCCC(=O)OCCCCCCCCCCCCCC/C=C\CCCCCCCCCCCCCCCC(=O)NC(CO)C(O)/C=C/CCCCCCCCCCCCCCCCCCCCCC. The van der Waals surface area contributed by atoms with Crippen molar-refractivity contribution in [2.75, 3.05) is 13.2 Å². The van der Waals surface area contributed by atoms with Crippen molar-refractivity contribution in [3.63, 3.8) is 0 Å². The van der Waals surface area contributed by atoms with Crippen molar-refractivity contribution in [2.24, 2.45) is 0 Å². The maximum Gasteiger partial charge on any atom is 0.305 e. The van der Waals surface area contributed by atoms with E-state index in [2.05, 4.69) is 43.5 Å². The normalized spacial score (nSPS) is 12.7. The van der Waals surface area contributed by atoms with Crippen molar-refractivity contribution in [1.29, 1.82) is 0 Å². The number of esters is 1. The molecule has 2 unspecified atom stereocenters. The van der Waals surface area contributed by atoms with Gasteiger partial charge in [-0.1, -0.05) is 352 Å². The van der Waals surface area contributed by atoms with Crippen molar-refractivity contribution < 1.29 is 24.5 Å². The lowest BCUT2D eigenvalue weighted by molar-refractivity contribution is -0.143. The van der Waals surface area contributed by atoms with Gasteiger partial charge in [-0.3, -0.25) is 9.59 Å². The zero-order valence-corrected chi connectivity index (χ0v) is 55.5. The van der Waals surface area contributed by atoms with Crippen molar-refractivity contribution in [2.45, 2.75) is 424 Å². The molecular formula is C76H145NO5. The summed E-state index contributed by atoms with van der Waals surface area (Å²) in [6.07, 6.45) is 92.4. The van der Waals surface area contributed by atoms with E-state index in [0.717, 1.165) is 44.9 Å². The van der Waals surface area contributed by atoms with Crippen LogP contribution in [0.4, 0.5) is 0 Å². The van der Waals surface area contributed by atoms with E-state index < -0.39 is 12.1 Å². The van der Waals surface area contributed by atoms with Gasteiger partial charge in [0.15, 0.2) is 0 Å². The molecule has 0 rings (SSSR count). The van der Waals surface area contributed by atoms with Gasteiger partial charge in [-0.2, -0.15) is 0 Å². The molecule has 2 atom stereocenters. The third kappa shape index (κ3) is 67.2. The topological polar surface area (TPSA) is 95.9 Å². The maximum absolute atomic E-state index is 12.5. The number of rotatable bonds is 70. The van der Waals surface area contributed by atoms with Crippen LogP contribution in [-0.4, -0.2) is 47.4 Å². The lowest BCUT2D eigenvalue weighted by Gasteiger charge is -2.20. The van der Waals surface area contributed by atoms with E-state index in [1.807, 2.05) is 6.08 Å². The van der Waals surface area contributed by atoms with E-state index in [1.165, 1.54) is 340 Å². The Morgan fingerprint density at radius 1 is 0.329 bits per heavy atom. The third-order valence-electron chi connectivity index (χ3n) is 17.4. The molecule has 484 valence electrons. The van der Waals surface area contributed by atoms with Crippen LogP contribution in [0.25, 0.3) is 0 Å². The number of hydrogen-bond donors (Lipinski definition) is 3. The number of unbranched alkanes of at least 4 members (excludes halogenated alkanes) is 55. The van der Waals surface area contributed by atoms with Gasteiger partial charge >= 0.3 is 5.97 Å². The molecule has 1 amide bonds. The number of allylic oxidation sites excluding steroid dienone is 5. The summed E-state index contributed by atoms with van der Waals surface area (Å²) >= 11 is 0. The first-order valence-corrected chi connectivity index (χ1v) is 37.3. The van der Waals surface area contributed by atoms with Gasteiger partial charge in [0.2, 0.25) is 5.91 Å². The average molecular weight is 1150 g/mol.